The predicted octanol–water partition coefficient (Wildman–Crippen LogP) is 5.32. The second-order valence-electron chi connectivity index (χ2n) is 11.4. The van der Waals surface area contributed by atoms with Crippen molar-refractivity contribution in [3.8, 4) is 5.75 Å². The van der Waals surface area contributed by atoms with Crippen molar-refractivity contribution in [1.82, 2.24) is 4.57 Å². The molecule has 1 aliphatic heterocycles. The minimum atomic E-state index is -4.47. The Balaban J connectivity index is 1.18. The first-order valence-corrected chi connectivity index (χ1v) is 17.4. The Bertz CT molecular complexity index is 1860. The number of nitrogens with zero attached hydrogens (tertiary/aromatic N) is 4. The zero-order chi connectivity index (χ0) is 33.6. The van der Waals surface area contributed by atoms with Gasteiger partial charge in [-0.1, -0.05) is 18.2 Å². The molecular weight excluding hydrogens is 616 g/mol. The van der Waals surface area contributed by atoms with Crippen LogP contribution in [0.4, 0.5) is 11.4 Å². The van der Waals surface area contributed by atoms with Crippen LogP contribution in [0.15, 0.2) is 83.5 Å². The highest BCUT2D eigenvalue weighted by Crippen LogP contribution is 2.42. The van der Waals surface area contributed by atoms with E-state index in [9.17, 15) is 13.0 Å². The zero-order valence-corrected chi connectivity index (χ0v) is 28.6. The van der Waals surface area contributed by atoms with E-state index in [2.05, 4.69) is 108 Å². The molecule has 0 unspecified atom stereocenters. The van der Waals surface area contributed by atoms with Gasteiger partial charge in [0, 0.05) is 19.2 Å². The van der Waals surface area contributed by atoms with Crippen LogP contribution in [0.5, 0.6) is 5.75 Å². The van der Waals surface area contributed by atoms with Gasteiger partial charge < -0.3 is 28.6 Å². The molecule has 4 aromatic rings. The van der Waals surface area contributed by atoms with Gasteiger partial charge in [0.1, 0.15) is 28.3 Å². The van der Waals surface area contributed by atoms with E-state index >= 15 is 0 Å². The van der Waals surface area contributed by atoms with Crippen molar-refractivity contribution in [2.24, 2.45) is 7.05 Å². The van der Waals surface area contributed by atoms with Crippen LogP contribution in [0, 0.1) is 13.8 Å². The van der Waals surface area contributed by atoms with Crippen LogP contribution in [0.1, 0.15) is 30.8 Å². The van der Waals surface area contributed by atoms with Crippen LogP contribution >= 0.6 is 0 Å². The lowest BCUT2D eigenvalue weighted by molar-refractivity contribution is -0.670. The van der Waals surface area contributed by atoms with Crippen molar-refractivity contribution in [2.45, 2.75) is 39.1 Å². The second kappa shape index (κ2) is 15.2. The standard InChI is InChI=1S/C36H44N4O6S/c1-6-38-31-17-11-27(3)25-33(31)37(5)35(38)9-8-10-36-39(7-2)32-18-12-28(4)26-34(32)40(36)19-20-44-21-22-45-23-24-46-29-13-15-30(16-14-29)47(41,42)43/h8-18,25-26H,6-7,19-24H2,1-5H3. The molecule has 250 valence electrons. The monoisotopic (exact) mass is 660 g/mol. The van der Waals surface area contributed by atoms with Gasteiger partial charge in [0.05, 0.1) is 56.3 Å². The number of hydrogen-bond acceptors (Lipinski definition) is 8. The smallest absolute Gasteiger partial charge is 0.282 e. The van der Waals surface area contributed by atoms with Gasteiger partial charge >= 0.3 is 0 Å². The molecule has 11 heteroatoms. The SMILES string of the molecule is CCN1C(=CC=Cc2n(C)c3cc(C)ccc3[n+]2CC)N(CCOCCOCCOc2ccc(S(=O)(=O)[O-])cc2)c2cc(C)ccc21. The van der Waals surface area contributed by atoms with Crippen LogP contribution in [0.25, 0.3) is 17.1 Å². The number of allylic oxidation sites excluding steroid dienone is 2. The molecule has 0 saturated carbocycles. The molecule has 0 fully saturated rings. The summed E-state index contributed by atoms with van der Waals surface area (Å²) in [6.07, 6.45) is 6.53. The molecule has 0 spiro atoms. The number of aromatic nitrogens is 2. The van der Waals surface area contributed by atoms with E-state index in [1.165, 1.54) is 57.8 Å². The first kappa shape index (κ1) is 34.2. The Hall–Kier alpha value is -4.16. The van der Waals surface area contributed by atoms with E-state index in [-0.39, 0.29) is 4.90 Å². The lowest BCUT2D eigenvalue weighted by Gasteiger charge is -2.24. The lowest BCUT2D eigenvalue weighted by Crippen LogP contribution is -2.35. The summed E-state index contributed by atoms with van der Waals surface area (Å²) in [5.41, 5.74) is 7.27. The third-order valence-electron chi connectivity index (χ3n) is 8.23. The van der Waals surface area contributed by atoms with E-state index in [1.807, 2.05) is 0 Å². The highest BCUT2D eigenvalue weighted by Gasteiger charge is 2.30. The largest absolute Gasteiger partial charge is 0.744 e. The summed E-state index contributed by atoms with van der Waals surface area (Å²) in [5, 5.41) is 0. The van der Waals surface area contributed by atoms with Crippen LogP contribution < -0.4 is 19.1 Å². The normalized spacial score (nSPS) is 14.2. The van der Waals surface area contributed by atoms with Gasteiger partial charge in [-0.05, 0) is 93.4 Å². The molecule has 47 heavy (non-hydrogen) atoms. The van der Waals surface area contributed by atoms with Gasteiger partial charge in [-0.3, -0.25) is 0 Å². The Morgan fingerprint density at radius 1 is 0.830 bits per heavy atom. The van der Waals surface area contributed by atoms with Crippen molar-refractivity contribution >= 4 is 38.6 Å². The summed E-state index contributed by atoms with van der Waals surface area (Å²) < 4.78 is 54.9. The topological polar surface area (TPSA) is 100 Å². The molecule has 0 saturated heterocycles. The molecule has 2 heterocycles. The lowest BCUT2D eigenvalue weighted by atomic mass is 10.2. The summed E-state index contributed by atoms with van der Waals surface area (Å²) in [6, 6.07) is 18.6. The molecule has 5 rings (SSSR count). The average Bonchev–Trinajstić information content (AvgIpc) is 3.49. The molecule has 0 aliphatic carbocycles. The fourth-order valence-corrected chi connectivity index (χ4v) is 6.40. The maximum absolute atomic E-state index is 11.1. The molecule has 0 N–H and O–H groups in total. The zero-order valence-electron chi connectivity index (χ0n) is 27.8. The second-order valence-corrected chi connectivity index (χ2v) is 12.8. The van der Waals surface area contributed by atoms with Crippen molar-refractivity contribution in [3.63, 3.8) is 0 Å². The van der Waals surface area contributed by atoms with Gasteiger partial charge in [-0.25, -0.2) is 17.6 Å². The van der Waals surface area contributed by atoms with Gasteiger partial charge in [0.15, 0.2) is 11.0 Å². The van der Waals surface area contributed by atoms with Crippen molar-refractivity contribution in [2.75, 3.05) is 55.9 Å². The quantitative estimate of drug-likeness (QED) is 0.0960. The summed E-state index contributed by atoms with van der Waals surface area (Å²) in [6.45, 7) is 13.0. The number of imidazole rings is 1. The summed E-state index contributed by atoms with van der Waals surface area (Å²) in [4.78, 5) is 4.38. The third kappa shape index (κ3) is 7.87. The number of rotatable bonds is 15. The van der Waals surface area contributed by atoms with Gasteiger partial charge in [-0.2, -0.15) is 0 Å². The van der Waals surface area contributed by atoms with Crippen molar-refractivity contribution in [3.05, 3.63) is 95.6 Å². The Labute approximate surface area is 277 Å². The van der Waals surface area contributed by atoms with Gasteiger partial charge in [-0.15, -0.1) is 0 Å². The van der Waals surface area contributed by atoms with Crippen LogP contribution in [0.3, 0.4) is 0 Å². The maximum Gasteiger partial charge on any atom is 0.282 e. The molecule has 0 bridgehead atoms. The maximum atomic E-state index is 11.1. The molecule has 1 aromatic heterocycles. The Morgan fingerprint density at radius 2 is 1.51 bits per heavy atom. The highest BCUT2D eigenvalue weighted by molar-refractivity contribution is 7.85. The Morgan fingerprint density at radius 3 is 2.21 bits per heavy atom. The summed E-state index contributed by atoms with van der Waals surface area (Å²) >= 11 is 0. The highest BCUT2D eigenvalue weighted by atomic mass is 32.2. The summed E-state index contributed by atoms with van der Waals surface area (Å²) in [5.74, 6) is 2.72. The van der Waals surface area contributed by atoms with E-state index in [0.29, 0.717) is 45.3 Å². The van der Waals surface area contributed by atoms with Crippen LogP contribution in [0.2, 0.25) is 0 Å². The average molecular weight is 661 g/mol. The first-order chi connectivity index (χ1) is 22.6. The fraction of sp³-hybridized carbons (Fsp3) is 0.361. The molecule has 0 radical (unpaired) electrons. The number of benzene rings is 3. The number of hydrogen-bond donors (Lipinski definition) is 0. The van der Waals surface area contributed by atoms with Crippen LogP contribution in [-0.2, 0) is 33.2 Å². The molecule has 10 nitrogen and oxygen atoms in total. The van der Waals surface area contributed by atoms with Gasteiger partial charge in [0.25, 0.3) is 5.82 Å². The van der Waals surface area contributed by atoms with Gasteiger partial charge in [0.2, 0.25) is 0 Å². The number of ether oxygens (including phenoxy) is 3. The van der Waals surface area contributed by atoms with E-state index in [1.54, 1.807) is 0 Å². The first-order valence-electron chi connectivity index (χ1n) is 16.0. The minimum absolute atomic E-state index is 0.284. The fourth-order valence-electron chi connectivity index (χ4n) is 5.93. The molecule has 0 amide bonds. The molecule has 3 aromatic carbocycles. The number of fused-ring (bicyclic) bond motifs is 2. The molecule has 1 aliphatic rings. The van der Waals surface area contributed by atoms with Crippen molar-refractivity contribution in [1.29, 1.82) is 0 Å². The third-order valence-corrected chi connectivity index (χ3v) is 9.08. The Kier molecular flexibility index (Phi) is 11.0. The van der Waals surface area contributed by atoms with E-state index < -0.39 is 10.1 Å². The number of aryl methyl sites for hydroxylation is 4. The molecular formula is C36H44N4O6S. The van der Waals surface area contributed by atoms with Crippen molar-refractivity contribution < 1.29 is 31.7 Å². The minimum Gasteiger partial charge on any atom is -0.744 e. The number of anilines is 2. The van der Waals surface area contributed by atoms with Crippen LogP contribution in [-0.4, -0.2) is 63.7 Å². The predicted molar refractivity (Wildman–Crippen MR) is 184 cm³/mol. The van der Waals surface area contributed by atoms with E-state index in [4.69, 9.17) is 14.2 Å². The van der Waals surface area contributed by atoms with E-state index in [0.717, 1.165) is 24.7 Å². The summed E-state index contributed by atoms with van der Waals surface area (Å²) in [7, 11) is -2.35. The molecule has 0 atom stereocenters.